The van der Waals surface area contributed by atoms with E-state index >= 15 is 0 Å². The van der Waals surface area contributed by atoms with Gasteiger partial charge in [-0.3, -0.25) is 9.78 Å². The summed E-state index contributed by atoms with van der Waals surface area (Å²) in [7, 11) is 3.86. The summed E-state index contributed by atoms with van der Waals surface area (Å²) in [4.78, 5) is 25.9. The maximum absolute atomic E-state index is 12.8. The number of carbonyl (C=O) groups is 1. The molecule has 1 aromatic carbocycles. The van der Waals surface area contributed by atoms with Crippen molar-refractivity contribution in [1.29, 1.82) is 5.41 Å². The molecule has 0 spiro atoms. The van der Waals surface area contributed by atoms with E-state index < -0.39 is 0 Å². The van der Waals surface area contributed by atoms with Crippen LogP contribution in [-0.2, 0) is 6.54 Å². The van der Waals surface area contributed by atoms with Crippen molar-refractivity contribution >= 4 is 17.3 Å². The number of likely N-dealkylation sites (tertiary alicyclic amines) is 1. The zero-order valence-electron chi connectivity index (χ0n) is 18.9. The number of nitrogens with zero attached hydrogens (tertiary/aromatic N) is 4. The summed E-state index contributed by atoms with van der Waals surface area (Å²) in [5, 5.41) is 10.9. The standard InChI is InChI=1S/C25H26N6O2/c1-15(26)24-23(27-2)10-20(11-29-24)33-19-6-7-28-22(9-19)16-4-5-21-17(8-16)12-31(25(21)32)18-13-30(3)14-18/h4-11,18,26-27H,12-14H2,1-3H3. The zero-order chi connectivity index (χ0) is 23.1. The van der Waals surface area contributed by atoms with Crippen molar-refractivity contribution in [2.45, 2.75) is 19.5 Å². The molecule has 0 saturated carbocycles. The summed E-state index contributed by atoms with van der Waals surface area (Å²) in [5.74, 6) is 1.33. The fourth-order valence-electron chi connectivity index (χ4n) is 4.42. The molecule has 0 bridgehead atoms. The molecule has 2 aliphatic rings. The molecular formula is C25H26N6O2. The SMILES string of the molecule is CNc1cc(Oc2ccnc(-c3ccc4c(c3)CN(C3CN(C)C3)C4=O)c2)cnc1C(C)=N. The van der Waals surface area contributed by atoms with Gasteiger partial charge in [-0.05, 0) is 37.7 Å². The van der Waals surface area contributed by atoms with Gasteiger partial charge in [0.05, 0.1) is 29.3 Å². The molecule has 0 aliphatic carbocycles. The normalized spacial score (nSPS) is 15.8. The molecule has 1 fully saturated rings. The Labute approximate surface area is 192 Å². The summed E-state index contributed by atoms with van der Waals surface area (Å²) >= 11 is 0. The van der Waals surface area contributed by atoms with Crippen LogP contribution in [0.15, 0.2) is 48.8 Å². The van der Waals surface area contributed by atoms with Crippen LogP contribution < -0.4 is 10.1 Å². The third kappa shape index (κ3) is 3.93. The van der Waals surface area contributed by atoms with Gasteiger partial charge in [-0.2, -0.15) is 0 Å². The maximum Gasteiger partial charge on any atom is 0.254 e. The number of likely N-dealkylation sites (N-methyl/N-ethyl adjacent to an activating group) is 1. The molecule has 8 nitrogen and oxygen atoms in total. The van der Waals surface area contributed by atoms with Crippen molar-refractivity contribution < 1.29 is 9.53 Å². The van der Waals surface area contributed by atoms with Crippen LogP contribution >= 0.6 is 0 Å². The third-order valence-corrected chi connectivity index (χ3v) is 6.17. The smallest absolute Gasteiger partial charge is 0.254 e. The van der Waals surface area contributed by atoms with Crippen LogP contribution in [0, 0.1) is 5.41 Å². The number of ether oxygens (including phenoxy) is 1. The van der Waals surface area contributed by atoms with Crippen LogP contribution in [0.5, 0.6) is 11.5 Å². The highest BCUT2D eigenvalue weighted by Crippen LogP contribution is 2.32. The number of aromatic nitrogens is 2. The lowest BCUT2D eigenvalue weighted by molar-refractivity contribution is 0.0386. The van der Waals surface area contributed by atoms with Gasteiger partial charge < -0.3 is 25.3 Å². The second-order valence-electron chi connectivity index (χ2n) is 8.60. The van der Waals surface area contributed by atoms with Crippen LogP contribution in [0.1, 0.15) is 28.5 Å². The Balaban J connectivity index is 1.37. The minimum Gasteiger partial charge on any atom is -0.456 e. The van der Waals surface area contributed by atoms with E-state index in [1.165, 1.54) is 0 Å². The topological polar surface area (TPSA) is 94.4 Å². The number of amides is 1. The number of pyridine rings is 2. The molecule has 2 aromatic heterocycles. The summed E-state index contributed by atoms with van der Waals surface area (Å²) in [5.41, 5.74) is 5.26. The van der Waals surface area contributed by atoms with Gasteiger partial charge in [0.2, 0.25) is 0 Å². The Morgan fingerprint density at radius 3 is 2.70 bits per heavy atom. The van der Waals surface area contributed by atoms with Gasteiger partial charge in [-0.15, -0.1) is 0 Å². The van der Waals surface area contributed by atoms with Crippen LogP contribution in [0.4, 0.5) is 5.69 Å². The summed E-state index contributed by atoms with van der Waals surface area (Å²) in [6.07, 6.45) is 3.32. The van der Waals surface area contributed by atoms with E-state index in [0.717, 1.165) is 41.2 Å². The van der Waals surface area contributed by atoms with E-state index in [1.54, 1.807) is 32.4 Å². The zero-order valence-corrected chi connectivity index (χ0v) is 18.9. The molecule has 2 N–H and O–H groups in total. The predicted molar refractivity (Wildman–Crippen MR) is 127 cm³/mol. The molecule has 3 aromatic rings. The molecule has 8 heteroatoms. The molecular weight excluding hydrogens is 416 g/mol. The van der Waals surface area contributed by atoms with Crippen molar-refractivity contribution in [3.8, 4) is 22.8 Å². The van der Waals surface area contributed by atoms with Crippen LogP contribution in [0.2, 0.25) is 0 Å². The minimum atomic E-state index is 0.121. The van der Waals surface area contributed by atoms with Crippen molar-refractivity contribution in [1.82, 2.24) is 19.8 Å². The van der Waals surface area contributed by atoms with E-state index in [9.17, 15) is 4.79 Å². The number of nitrogens with one attached hydrogen (secondary N) is 2. The first-order valence-corrected chi connectivity index (χ1v) is 10.9. The molecule has 0 atom stereocenters. The number of anilines is 1. The van der Waals surface area contributed by atoms with Crippen molar-refractivity contribution in [2.24, 2.45) is 0 Å². The fourth-order valence-corrected chi connectivity index (χ4v) is 4.42. The van der Waals surface area contributed by atoms with Crippen LogP contribution in [0.25, 0.3) is 11.3 Å². The van der Waals surface area contributed by atoms with Crippen molar-refractivity contribution in [3.63, 3.8) is 0 Å². The molecule has 0 unspecified atom stereocenters. The number of hydrogen-bond acceptors (Lipinski definition) is 7. The number of rotatable bonds is 6. The highest BCUT2D eigenvalue weighted by atomic mass is 16.5. The Kier molecular flexibility index (Phi) is 5.30. The summed E-state index contributed by atoms with van der Waals surface area (Å²) < 4.78 is 6.03. The number of fused-ring (bicyclic) bond motifs is 1. The summed E-state index contributed by atoms with van der Waals surface area (Å²) in [6.45, 7) is 4.21. The highest BCUT2D eigenvalue weighted by Gasteiger charge is 2.37. The Bertz CT molecular complexity index is 1250. The number of benzene rings is 1. The molecule has 2 aliphatic heterocycles. The monoisotopic (exact) mass is 442 g/mol. The Morgan fingerprint density at radius 2 is 1.97 bits per heavy atom. The second kappa shape index (κ2) is 8.29. The molecule has 1 saturated heterocycles. The molecule has 5 rings (SSSR count). The van der Waals surface area contributed by atoms with Gasteiger partial charge >= 0.3 is 0 Å². The lowest BCUT2D eigenvalue weighted by atomic mass is 10.0. The van der Waals surface area contributed by atoms with Crippen molar-refractivity contribution in [2.75, 3.05) is 32.5 Å². The Morgan fingerprint density at radius 1 is 1.15 bits per heavy atom. The predicted octanol–water partition coefficient (Wildman–Crippen LogP) is 3.64. The van der Waals surface area contributed by atoms with E-state index in [-0.39, 0.29) is 5.91 Å². The minimum absolute atomic E-state index is 0.121. The van der Waals surface area contributed by atoms with Crippen molar-refractivity contribution in [3.05, 3.63) is 65.6 Å². The largest absolute Gasteiger partial charge is 0.456 e. The van der Waals surface area contributed by atoms with E-state index in [1.807, 2.05) is 29.2 Å². The number of carbonyl (C=O) groups excluding carboxylic acids is 1. The van der Waals surface area contributed by atoms with Gasteiger partial charge in [0.1, 0.15) is 17.2 Å². The van der Waals surface area contributed by atoms with Gasteiger partial charge in [-0.25, -0.2) is 4.98 Å². The van der Waals surface area contributed by atoms with E-state index in [2.05, 4.69) is 33.3 Å². The summed E-state index contributed by atoms with van der Waals surface area (Å²) in [6, 6.07) is 11.7. The third-order valence-electron chi connectivity index (χ3n) is 6.17. The van der Waals surface area contributed by atoms with E-state index in [4.69, 9.17) is 10.1 Å². The second-order valence-corrected chi connectivity index (χ2v) is 8.60. The molecule has 4 heterocycles. The van der Waals surface area contributed by atoms with Crippen LogP contribution in [0.3, 0.4) is 0 Å². The molecule has 1 amide bonds. The van der Waals surface area contributed by atoms with Gasteiger partial charge in [0.15, 0.2) is 0 Å². The number of hydrogen-bond donors (Lipinski definition) is 2. The first-order valence-electron chi connectivity index (χ1n) is 10.9. The lowest BCUT2D eigenvalue weighted by Gasteiger charge is -2.41. The average molecular weight is 443 g/mol. The molecule has 168 valence electrons. The Hall–Kier alpha value is -3.78. The van der Waals surface area contributed by atoms with E-state index in [0.29, 0.717) is 35.5 Å². The quantitative estimate of drug-likeness (QED) is 0.566. The molecule has 0 radical (unpaired) electrons. The van der Waals surface area contributed by atoms with Gasteiger partial charge in [0.25, 0.3) is 5.91 Å². The fraction of sp³-hybridized carbons (Fsp3) is 0.280. The highest BCUT2D eigenvalue weighted by molar-refractivity contribution is 6.00. The van der Waals surface area contributed by atoms with Gasteiger partial charge in [-0.1, -0.05) is 6.07 Å². The first-order chi connectivity index (χ1) is 15.9. The lowest BCUT2D eigenvalue weighted by Crippen LogP contribution is -2.57. The van der Waals surface area contributed by atoms with Gasteiger partial charge in [0, 0.05) is 56.1 Å². The first kappa shape index (κ1) is 21.1. The maximum atomic E-state index is 12.8. The average Bonchev–Trinajstić information content (AvgIpc) is 3.12. The molecule has 33 heavy (non-hydrogen) atoms. The van der Waals surface area contributed by atoms with Crippen LogP contribution in [-0.4, -0.2) is 64.6 Å².